The third-order valence-corrected chi connectivity index (χ3v) is 3.88. The lowest BCUT2D eigenvalue weighted by molar-refractivity contribution is 0.0915. The largest absolute Gasteiger partial charge is 0.385 e. The van der Waals surface area contributed by atoms with E-state index >= 15 is 0 Å². The van der Waals surface area contributed by atoms with E-state index in [1.165, 1.54) is 0 Å². The van der Waals surface area contributed by atoms with Gasteiger partial charge in [-0.05, 0) is 44.4 Å². The van der Waals surface area contributed by atoms with E-state index < -0.39 is 0 Å². The lowest BCUT2D eigenvalue weighted by atomic mass is 10.1. The maximum absolute atomic E-state index is 12.4. The summed E-state index contributed by atoms with van der Waals surface area (Å²) in [6, 6.07) is 5.51. The van der Waals surface area contributed by atoms with Crippen molar-refractivity contribution in [3.63, 3.8) is 0 Å². The molecule has 0 saturated heterocycles. The van der Waals surface area contributed by atoms with E-state index in [0.29, 0.717) is 10.6 Å². The summed E-state index contributed by atoms with van der Waals surface area (Å²) >= 11 is 6.00. The smallest absolute Gasteiger partial charge is 0.253 e. The van der Waals surface area contributed by atoms with Crippen molar-refractivity contribution in [2.24, 2.45) is 0 Å². The zero-order valence-electron chi connectivity index (χ0n) is 11.9. The van der Waals surface area contributed by atoms with Crippen molar-refractivity contribution in [3.05, 3.63) is 28.8 Å². The molecule has 1 saturated carbocycles. The average Bonchev–Trinajstić information content (AvgIpc) is 2.88. The van der Waals surface area contributed by atoms with Crippen molar-refractivity contribution >= 4 is 23.2 Å². The Bertz CT molecular complexity index is 479. The minimum Gasteiger partial charge on any atom is -0.385 e. The highest BCUT2D eigenvalue weighted by molar-refractivity contribution is 6.31. The third-order valence-electron chi connectivity index (χ3n) is 3.65. The van der Waals surface area contributed by atoms with Gasteiger partial charge in [0.15, 0.2) is 0 Å². The van der Waals surface area contributed by atoms with E-state index in [9.17, 15) is 4.79 Å². The molecule has 1 aromatic rings. The minimum absolute atomic E-state index is 0.0785. The van der Waals surface area contributed by atoms with Crippen LogP contribution in [0.5, 0.6) is 0 Å². The van der Waals surface area contributed by atoms with E-state index in [4.69, 9.17) is 16.3 Å². The first-order valence-corrected chi connectivity index (χ1v) is 7.39. The van der Waals surface area contributed by atoms with Crippen LogP contribution in [0.1, 0.15) is 36.5 Å². The lowest BCUT2D eigenvalue weighted by Crippen LogP contribution is -2.33. The minimum atomic E-state index is -0.0785. The van der Waals surface area contributed by atoms with Crippen molar-refractivity contribution < 1.29 is 9.53 Å². The lowest BCUT2D eigenvalue weighted by Gasteiger charge is -2.15. The van der Waals surface area contributed by atoms with E-state index in [1.807, 2.05) is 13.0 Å². The summed E-state index contributed by atoms with van der Waals surface area (Å²) in [6.45, 7) is 2.76. The van der Waals surface area contributed by atoms with Gasteiger partial charge in [-0.2, -0.15) is 0 Å². The fourth-order valence-electron chi connectivity index (χ4n) is 2.60. The topological polar surface area (TPSA) is 50.4 Å². The Morgan fingerprint density at radius 2 is 2.25 bits per heavy atom. The first kappa shape index (κ1) is 15.1. The van der Waals surface area contributed by atoms with Gasteiger partial charge in [0.05, 0.1) is 11.7 Å². The summed E-state index contributed by atoms with van der Waals surface area (Å²) in [5.74, 6) is -0.0785. The summed E-state index contributed by atoms with van der Waals surface area (Å²) in [6.07, 6.45) is 3.09. The molecule has 0 heterocycles. The molecule has 0 radical (unpaired) electrons. The number of benzene rings is 1. The number of ether oxygens (including phenoxy) is 1. The van der Waals surface area contributed by atoms with Crippen LogP contribution in [0.15, 0.2) is 18.2 Å². The number of anilines is 1. The van der Waals surface area contributed by atoms with Crippen molar-refractivity contribution in [2.45, 2.75) is 38.3 Å². The molecule has 1 amide bonds. The quantitative estimate of drug-likeness (QED) is 0.878. The first-order valence-electron chi connectivity index (χ1n) is 7.01. The van der Waals surface area contributed by atoms with Gasteiger partial charge in [-0.1, -0.05) is 11.6 Å². The highest BCUT2D eigenvalue weighted by Crippen LogP contribution is 2.24. The van der Waals surface area contributed by atoms with Gasteiger partial charge >= 0.3 is 0 Å². The Balaban J connectivity index is 2.07. The number of carbonyl (C=O) groups is 1. The standard InChI is InChI=1S/C15H21ClN2O2/c1-3-17-14-7-4-10(16)8-13(14)15(19)18-11-5-6-12(9-11)20-2/h4,7-8,11-12,17H,3,5-6,9H2,1-2H3,(H,18,19). The molecule has 110 valence electrons. The van der Waals surface area contributed by atoms with Gasteiger partial charge in [0.2, 0.25) is 0 Å². The van der Waals surface area contributed by atoms with Gasteiger partial charge in [-0.3, -0.25) is 4.79 Å². The molecule has 2 N–H and O–H groups in total. The normalized spacial score (nSPS) is 21.8. The highest BCUT2D eigenvalue weighted by Gasteiger charge is 2.26. The molecule has 1 fully saturated rings. The number of amides is 1. The maximum atomic E-state index is 12.4. The van der Waals surface area contributed by atoms with Crippen LogP contribution in [0.2, 0.25) is 5.02 Å². The monoisotopic (exact) mass is 296 g/mol. The molecule has 20 heavy (non-hydrogen) atoms. The van der Waals surface area contributed by atoms with Gasteiger partial charge < -0.3 is 15.4 Å². The van der Waals surface area contributed by atoms with E-state index in [1.54, 1.807) is 19.2 Å². The van der Waals surface area contributed by atoms with Gasteiger partial charge in [0.1, 0.15) is 0 Å². The molecule has 5 heteroatoms. The number of nitrogens with one attached hydrogen (secondary N) is 2. The third kappa shape index (κ3) is 3.64. The van der Waals surface area contributed by atoms with Crippen LogP contribution >= 0.6 is 11.6 Å². The van der Waals surface area contributed by atoms with Crippen molar-refractivity contribution in [3.8, 4) is 0 Å². The van der Waals surface area contributed by atoms with Crippen LogP contribution in [0.4, 0.5) is 5.69 Å². The van der Waals surface area contributed by atoms with E-state index in [2.05, 4.69) is 10.6 Å². The molecule has 4 nitrogen and oxygen atoms in total. The van der Waals surface area contributed by atoms with E-state index in [-0.39, 0.29) is 18.1 Å². The molecule has 0 spiro atoms. The maximum Gasteiger partial charge on any atom is 0.253 e. The van der Waals surface area contributed by atoms with Gasteiger partial charge in [-0.25, -0.2) is 0 Å². The molecular weight excluding hydrogens is 276 g/mol. The number of hydrogen-bond donors (Lipinski definition) is 2. The molecule has 2 rings (SSSR count). The van der Waals surface area contributed by atoms with Gasteiger partial charge in [-0.15, -0.1) is 0 Å². The number of hydrogen-bond acceptors (Lipinski definition) is 3. The van der Waals surface area contributed by atoms with Crippen LogP contribution in [0.25, 0.3) is 0 Å². The zero-order valence-corrected chi connectivity index (χ0v) is 12.7. The summed E-state index contributed by atoms with van der Waals surface area (Å²) in [5.41, 5.74) is 1.41. The van der Waals surface area contributed by atoms with Crippen LogP contribution in [0, 0.1) is 0 Å². The SMILES string of the molecule is CCNc1ccc(Cl)cc1C(=O)NC1CCC(OC)C1. The van der Waals surface area contributed by atoms with Crippen molar-refractivity contribution in [1.29, 1.82) is 0 Å². The second-order valence-electron chi connectivity index (χ2n) is 5.06. The Morgan fingerprint density at radius 1 is 1.45 bits per heavy atom. The van der Waals surface area contributed by atoms with E-state index in [0.717, 1.165) is 31.5 Å². The zero-order chi connectivity index (χ0) is 14.5. The Labute approximate surface area is 124 Å². The fraction of sp³-hybridized carbons (Fsp3) is 0.533. The molecule has 2 atom stereocenters. The Kier molecular flexibility index (Phi) is 5.26. The molecule has 1 aliphatic rings. The summed E-state index contributed by atoms with van der Waals surface area (Å²) in [5, 5.41) is 6.82. The fourth-order valence-corrected chi connectivity index (χ4v) is 2.77. The molecule has 1 aliphatic carbocycles. The first-order chi connectivity index (χ1) is 9.63. The Hall–Kier alpha value is -1.26. The number of rotatable bonds is 5. The molecule has 1 aromatic carbocycles. The van der Waals surface area contributed by atoms with Crippen LogP contribution in [-0.2, 0) is 4.74 Å². The van der Waals surface area contributed by atoms with Crippen molar-refractivity contribution in [1.82, 2.24) is 5.32 Å². The highest BCUT2D eigenvalue weighted by atomic mass is 35.5. The van der Waals surface area contributed by atoms with Crippen LogP contribution in [0.3, 0.4) is 0 Å². The predicted molar refractivity (Wildman–Crippen MR) is 81.5 cm³/mol. The molecule has 0 aliphatic heterocycles. The number of methoxy groups -OCH3 is 1. The molecule has 2 unspecified atom stereocenters. The molecular formula is C15H21ClN2O2. The summed E-state index contributed by atoms with van der Waals surface area (Å²) < 4.78 is 5.33. The average molecular weight is 297 g/mol. The van der Waals surface area contributed by atoms with Gasteiger partial charge in [0.25, 0.3) is 5.91 Å². The Morgan fingerprint density at radius 3 is 2.90 bits per heavy atom. The summed E-state index contributed by atoms with van der Waals surface area (Å²) in [4.78, 5) is 12.4. The van der Waals surface area contributed by atoms with Crippen LogP contribution in [-0.4, -0.2) is 31.7 Å². The summed E-state index contributed by atoms with van der Waals surface area (Å²) in [7, 11) is 1.72. The van der Waals surface area contributed by atoms with Crippen LogP contribution < -0.4 is 10.6 Å². The second-order valence-corrected chi connectivity index (χ2v) is 5.50. The predicted octanol–water partition coefficient (Wildman–Crippen LogP) is 3.07. The number of halogens is 1. The second kappa shape index (κ2) is 6.95. The number of carbonyl (C=O) groups excluding carboxylic acids is 1. The van der Waals surface area contributed by atoms with Crippen molar-refractivity contribution in [2.75, 3.05) is 19.0 Å². The van der Waals surface area contributed by atoms with Gasteiger partial charge in [0, 0.05) is 30.4 Å². The molecule has 0 bridgehead atoms. The molecule has 0 aromatic heterocycles.